The third-order valence-electron chi connectivity index (χ3n) is 1.67. The second kappa shape index (κ2) is 4.41. The smallest absolute Gasteiger partial charge is 0.335 e. The topological polar surface area (TPSA) is 66.4 Å². The van der Waals surface area contributed by atoms with Gasteiger partial charge in [-0.25, -0.2) is 4.79 Å². The van der Waals surface area contributed by atoms with Gasteiger partial charge in [0.25, 0.3) is 0 Å². The number of carbonyl (C=O) groups excluding carboxylic acids is 1. The number of benzene rings is 1. The fourth-order valence-electron chi connectivity index (χ4n) is 0.957. The summed E-state index contributed by atoms with van der Waals surface area (Å²) in [4.78, 5) is 21.1. The molecule has 0 saturated carbocycles. The summed E-state index contributed by atoms with van der Waals surface area (Å²) in [6.45, 7) is 1.74. The number of Topliss-reactive ketones (excluding diaryl/α,β-unsaturated/α-hetero) is 1. The van der Waals surface area contributed by atoms with E-state index in [1.165, 1.54) is 19.1 Å². The van der Waals surface area contributed by atoms with Crippen molar-refractivity contribution in [1.82, 2.24) is 0 Å². The lowest BCUT2D eigenvalue weighted by Crippen LogP contribution is -2.09. The predicted molar refractivity (Wildman–Crippen MR) is 52.6 cm³/mol. The van der Waals surface area contributed by atoms with Crippen molar-refractivity contribution in [1.29, 1.82) is 0 Å². The zero-order chi connectivity index (χ0) is 10.6. The Morgan fingerprint density at radius 1 is 1.29 bits per heavy atom. The Morgan fingerprint density at radius 3 is 2.29 bits per heavy atom. The molecule has 74 valence electrons. The molecule has 0 bridgehead atoms. The first-order valence-electron chi connectivity index (χ1n) is 4.16. The summed E-state index contributed by atoms with van der Waals surface area (Å²) in [5.74, 6) is -0.921. The molecule has 0 atom stereocenters. The van der Waals surface area contributed by atoms with Crippen molar-refractivity contribution in [3.8, 4) is 0 Å². The van der Waals surface area contributed by atoms with Crippen LogP contribution in [0.5, 0.6) is 0 Å². The lowest BCUT2D eigenvalue weighted by atomic mass is 10.2. The standard InChI is InChI=1S/C10H11NO3/c1-7(12)6-11-9-4-2-8(3-5-9)10(13)14/h2-5,11H,6H2,1H3,(H,13,14). The van der Waals surface area contributed by atoms with Crippen LogP contribution in [0.1, 0.15) is 17.3 Å². The van der Waals surface area contributed by atoms with Crippen LogP contribution in [0.2, 0.25) is 0 Å². The number of nitrogens with one attached hydrogen (secondary N) is 1. The fourth-order valence-corrected chi connectivity index (χ4v) is 0.957. The van der Waals surface area contributed by atoms with Gasteiger partial charge in [0.2, 0.25) is 0 Å². The van der Waals surface area contributed by atoms with Crippen molar-refractivity contribution in [3.63, 3.8) is 0 Å². The molecule has 0 spiro atoms. The number of ketones is 1. The van der Waals surface area contributed by atoms with Crippen LogP contribution in [0, 0.1) is 0 Å². The van der Waals surface area contributed by atoms with Crippen LogP contribution in [0.4, 0.5) is 5.69 Å². The van der Waals surface area contributed by atoms with E-state index in [1.807, 2.05) is 0 Å². The molecule has 0 fully saturated rings. The normalized spacial score (nSPS) is 9.50. The molecule has 2 N–H and O–H groups in total. The number of rotatable bonds is 4. The molecule has 0 aliphatic rings. The molecule has 1 aromatic carbocycles. The van der Waals surface area contributed by atoms with Crippen LogP contribution >= 0.6 is 0 Å². The highest BCUT2D eigenvalue weighted by molar-refractivity contribution is 5.88. The molecular formula is C10H11NO3. The lowest BCUT2D eigenvalue weighted by molar-refractivity contribution is -0.115. The highest BCUT2D eigenvalue weighted by atomic mass is 16.4. The zero-order valence-corrected chi connectivity index (χ0v) is 7.78. The van der Waals surface area contributed by atoms with Gasteiger partial charge in [-0.15, -0.1) is 0 Å². The number of carbonyl (C=O) groups is 2. The first-order valence-corrected chi connectivity index (χ1v) is 4.16. The minimum absolute atomic E-state index is 0.0345. The summed E-state index contributed by atoms with van der Waals surface area (Å²) in [5.41, 5.74) is 0.976. The molecule has 0 aromatic heterocycles. The molecule has 14 heavy (non-hydrogen) atoms. The average Bonchev–Trinajstić information content (AvgIpc) is 2.15. The molecule has 0 aliphatic heterocycles. The second-order valence-corrected chi connectivity index (χ2v) is 2.94. The van der Waals surface area contributed by atoms with Crippen LogP contribution in [0.25, 0.3) is 0 Å². The Hall–Kier alpha value is -1.84. The maximum atomic E-state index is 10.6. The van der Waals surface area contributed by atoms with Crippen molar-refractivity contribution in [3.05, 3.63) is 29.8 Å². The van der Waals surface area contributed by atoms with Gasteiger partial charge in [-0.3, -0.25) is 4.79 Å². The van der Waals surface area contributed by atoms with E-state index < -0.39 is 5.97 Å². The number of carboxylic acids is 1. The number of anilines is 1. The minimum Gasteiger partial charge on any atom is -0.478 e. The minimum atomic E-state index is -0.955. The molecule has 0 radical (unpaired) electrons. The van der Waals surface area contributed by atoms with Crippen molar-refractivity contribution >= 4 is 17.4 Å². The lowest BCUT2D eigenvalue weighted by Gasteiger charge is -2.03. The van der Waals surface area contributed by atoms with E-state index in [2.05, 4.69) is 5.32 Å². The van der Waals surface area contributed by atoms with Gasteiger partial charge in [0.15, 0.2) is 0 Å². The summed E-state index contributed by atoms with van der Waals surface area (Å²) in [7, 11) is 0. The van der Waals surface area contributed by atoms with Crippen LogP contribution in [0.15, 0.2) is 24.3 Å². The largest absolute Gasteiger partial charge is 0.478 e. The quantitative estimate of drug-likeness (QED) is 0.758. The first kappa shape index (κ1) is 10.2. The van der Waals surface area contributed by atoms with Crippen LogP contribution in [0.3, 0.4) is 0 Å². The van der Waals surface area contributed by atoms with Crippen LogP contribution in [-0.2, 0) is 4.79 Å². The Morgan fingerprint density at radius 2 is 1.86 bits per heavy atom. The zero-order valence-electron chi connectivity index (χ0n) is 7.78. The molecular weight excluding hydrogens is 182 g/mol. The average molecular weight is 193 g/mol. The SMILES string of the molecule is CC(=O)CNc1ccc(C(=O)O)cc1. The third kappa shape index (κ3) is 2.90. The molecule has 0 amide bonds. The van der Waals surface area contributed by atoms with Gasteiger partial charge in [-0.2, -0.15) is 0 Å². The van der Waals surface area contributed by atoms with E-state index >= 15 is 0 Å². The van der Waals surface area contributed by atoms with E-state index in [9.17, 15) is 9.59 Å². The Kier molecular flexibility index (Phi) is 3.23. The fraction of sp³-hybridized carbons (Fsp3) is 0.200. The monoisotopic (exact) mass is 193 g/mol. The second-order valence-electron chi connectivity index (χ2n) is 2.94. The van der Waals surface area contributed by atoms with Gasteiger partial charge in [-0.1, -0.05) is 0 Å². The molecule has 0 aliphatic carbocycles. The molecule has 1 rings (SSSR count). The number of aromatic carboxylic acids is 1. The van der Waals surface area contributed by atoms with E-state index in [4.69, 9.17) is 5.11 Å². The van der Waals surface area contributed by atoms with E-state index in [0.717, 1.165) is 5.69 Å². The summed E-state index contributed by atoms with van der Waals surface area (Å²) in [6, 6.07) is 6.24. The summed E-state index contributed by atoms with van der Waals surface area (Å²) in [6.07, 6.45) is 0. The predicted octanol–water partition coefficient (Wildman–Crippen LogP) is 1.39. The highest BCUT2D eigenvalue weighted by Crippen LogP contribution is 2.08. The Balaban J connectivity index is 2.64. The molecule has 4 heteroatoms. The molecule has 0 saturated heterocycles. The van der Waals surface area contributed by atoms with E-state index in [0.29, 0.717) is 0 Å². The van der Waals surface area contributed by atoms with Gasteiger partial charge in [0.1, 0.15) is 5.78 Å². The molecule has 4 nitrogen and oxygen atoms in total. The molecule has 1 aromatic rings. The third-order valence-corrected chi connectivity index (χ3v) is 1.67. The van der Waals surface area contributed by atoms with Gasteiger partial charge >= 0.3 is 5.97 Å². The maximum Gasteiger partial charge on any atom is 0.335 e. The number of hydrogen-bond donors (Lipinski definition) is 2. The molecule has 0 unspecified atom stereocenters. The van der Waals surface area contributed by atoms with Crippen LogP contribution in [-0.4, -0.2) is 23.4 Å². The van der Waals surface area contributed by atoms with E-state index in [-0.39, 0.29) is 17.9 Å². The maximum absolute atomic E-state index is 10.6. The van der Waals surface area contributed by atoms with E-state index in [1.54, 1.807) is 12.1 Å². The first-order chi connectivity index (χ1) is 6.59. The van der Waals surface area contributed by atoms with Gasteiger partial charge in [-0.05, 0) is 31.2 Å². The van der Waals surface area contributed by atoms with Crippen molar-refractivity contribution in [2.24, 2.45) is 0 Å². The highest BCUT2D eigenvalue weighted by Gasteiger charge is 2.01. The number of carboxylic acid groups (broad SMARTS) is 1. The Labute approximate surface area is 81.6 Å². The summed E-state index contributed by atoms with van der Waals surface area (Å²) in [5, 5.41) is 11.5. The van der Waals surface area contributed by atoms with Gasteiger partial charge in [0, 0.05) is 5.69 Å². The van der Waals surface area contributed by atoms with Crippen molar-refractivity contribution in [2.75, 3.05) is 11.9 Å². The van der Waals surface area contributed by atoms with Crippen molar-refractivity contribution < 1.29 is 14.7 Å². The van der Waals surface area contributed by atoms with Crippen molar-refractivity contribution in [2.45, 2.75) is 6.92 Å². The molecule has 0 heterocycles. The van der Waals surface area contributed by atoms with Gasteiger partial charge in [0.05, 0.1) is 12.1 Å². The Bertz CT molecular complexity index is 343. The summed E-state index contributed by atoms with van der Waals surface area (Å²) < 4.78 is 0. The van der Waals surface area contributed by atoms with Gasteiger partial charge < -0.3 is 10.4 Å². The summed E-state index contributed by atoms with van der Waals surface area (Å²) >= 11 is 0. The number of hydrogen-bond acceptors (Lipinski definition) is 3. The van der Waals surface area contributed by atoms with Crippen LogP contribution < -0.4 is 5.32 Å².